The summed E-state index contributed by atoms with van der Waals surface area (Å²) in [6, 6.07) is 36.9. The number of nitriles is 1. The Morgan fingerprint density at radius 3 is 2.13 bits per heavy atom. The van der Waals surface area contributed by atoms with Crippen LogP contribution >= 0.6 is 0 Å². The van der Waals surface area contributed by atoms with Gasteiger partial charge >= 0.3 is 0 Å². The third kappa shape index (κ3) is 8.06. The lowest BCUT2D eigenvalue weighted by molar-refractivity contribution is -0.128. The Balaban J connectivity index is 0.997. The van der Waals surface area contributed by atoms with E-state index in [1.165, 1.54) is 22.8 Å². The van der Waals surface area contributed by atoms with Crippen LogP contribution in [0.3, 0.4) is 0 Å². The molecule has 0 saturated carbocycles. The van der Waals surface area contributed by atoms with Gasteiger partial charge in [0.1, 0.15) is 46.8 Å². The fourth-order valence-corrected chi connectivity index (χ4v) is 13.5. The van der Waals surface area contributed by atoms with Gasteiger partial charge in [-0.2, -0.15) is 10.4 Å². The van der Waals surface area contributed by atoms with Crippen molar-refractivity contribution >= 4 is 41.4 Å². The van der Waals surface area contributed by atoms with Gasteiger partial charge in [0.2, 0.25) is 0 Å². The van der Waals surface area contributed by atoms with Crippen molar-refractivity contribution < 1.29 is 18.3 Å². The molecule has 61 heavy (non-hydrogen) atoms. The number of nitrogen functional groups attached to an aromatic ring is 1. The molecule has 13 heteroatoms. The lowest BCUT2D eigenvalue weighted by Crippen LogP contribution is -2.72. The topological polar surface area (TPSA) is 135 Å². The first-order valence-electron chi connectivity index (χ1n) is 20.8. The average Bonchev–Trinajstić information content (AvgIpc) is 3.63. The van der Waals surface area contributed by atoms with Crippen LogP contribution in [0.5, 0.6) is 11.5 Å². The van der Waals surface area contributed by atoms with E-state index >= 15 is 4.39 Å². The summed E-state index contributed by atoms with van der Waals surface area (Å²) in [5.74, 6) is 0.206. The highest BCUT2D eigenvalue weighted by Crippen LogP contribution is 2.40. The minimum atomic E-state index is -2.74. The van der Waals surface area contributed by atoms with Crippen molar-refractivity contribution in [3.63, 3.8) is 0 Å². The van der Waals surface area contributed by atoms with E-state index in [9.17, 15) is 10.1 Å². The molecular weight excluding hydrogens is 784 g/mol. The molecule has 4 heterocycles. The zero-order valence-corrected chi connectivity index (χ0v) is 36.3. The van der Waals surface area contributed by atoms with Crippen LogP contribution in [0.15, 0.2) is 127 Å². The molecule has 2 saturated heterocycles. The van der Waals surface area contributed by atoms with E-state index in [-0.39, 0.29) is 46.6 Å². The van der Waals surface area contributed by atoms with Crippen molar-refractivity contribution in [2.45, 2.75) is 70.2 Å². The van der Waals surface area contributed by atoms with Crippen LogP contribution in [0.1, 0.15) is 53.5 Å². The summed E-state index contributed by atoms with van der Waals surface area (Å²) >= 11 is 0. The summed E-state index contributed by atoms with van der Waals surface area (Å²) in [6.45, 7) is 13.0. The molecule has 2 aliphatic heterocycles. The molecular formula is C48H51FN8O3Si. The van der Waals surface area contributed by atoms with Crippen molar-refractivity contribution in [1.29, 1.82) is 5.26 Å². The normalized spacial score (nSPS) is 16.9. The zero-order chi connectivity index (χ0) is 42.9. The van der Waals surface area contributed by atoms with Gasteiger partial charge in [-0.1, -0.05) is 99.6 Å². The van der Waals surface area contributed by atoms with Gasteiger partial charge in [-0.3, -0.25) is 9.69 Å². The highest BCUT2D eigenvalue weighted by atomic mass is 28.4. The number of hydrogen-bond acceptors (Lipinski definition) is 9. The maximum atomic E-state index is 15.8. The fraction of sp³-hybridized carbons (Fsp3) is 0.312. The molecule has 2 N–H and O–H groups in total. The Morgan fingerprint density at radius 1 is 0.885 bits per heavy atom. The molecule has 1 amide bonds. The van der Waals surface area contributed by atoms with Crippen molar-refractivity contribution in [3.05, 3.63) is 133 Å². The number of rotatable bonds is 11. The lowest BCUT2D eigenvalue weighted by atomic mass is 9.93. The Bertz CT molecular complexity index is 2560. The van der Waals surface area contributed by atoms with E-state index in [0.29, 0.717) is 60.7 Å². The number of halogens is 1. The van der Waals surface area contributed by atoms with Gasteiger partial charge in [0.25, 0.3) is 14.2 Å². The number of carbonyl (C=O) groups is 1. The van der Waals surface area contributed by atoms with E-state index in [1.807, 2.05) is 44.2 Å². The van der Waals surface area contributed by atoms with Gasteiger partial charge in [-0.15, -0.1) is 0 Å². The molecule has 0 spiro atoms. The molecule has 0 aliphatic carbocycles. The number of fused-ring (bicyclic) bond motifs is 1. The number of nitrogens with two attached hydrogens (primary N) is 1. The Morgan fingerprint density at radius 2 is 1.52 bits per heavy atom. The van der Waals surface area contributed by atoms with Crippen LogP contribution in [0.4, 0.5) is 10.2 Å². The summed E-state index contributed by atoms with van der Waals surface area (Å²) in [4.78, 5) is 26.9. The number of aromatic nitrogens is 4. The molecule has 2 aliphatic rings. The van der Waals surface area contributed by atoms with E-state index < -0.39 is 19.7 Å². The largest absolute Gasteiger partial charge is 0.457 e. The molecule has 6 aromatic rings. The van der Waals surface area contributed by atoms with Crippen molar-refractivity contribution in [1.82, 2.24) is 29.5 Å². The van der Waals surface area contributed by atoms with Crippen LogP contribution in [0, 0.1) is 17.1 Å². The van der Waals surface area contributed by atoms with Gasteiger partial charge in [-0.05, 0) is 72.4 Å². The Hall–Kier alpha value is -6.20. The minimum absolute atomic E-state index is 0.0243. The number of anilines is 1. The lowest BCUT2D eigenvalue weighted by Gasteiger charge is -2.53. The van der Waals surface area contributed by atoms with E-state index in [4.69, 9.17) is 20.0 Å². The average molecular weight is 835 g/mol. The van der Waals surface area contributed by atoms with Gasteiger partial charge < -0.3 is 19.8 Å². The number of hydrogen-bond donors (Lipinski definition) is 1. The van der Waals surface area contributed by atoms with Crippen LogP contribution in [-0.4, -0.2) is 81.6 Å². The number of amides is 1. The van der Waals surface area contributed by atoms with Crippen molar-refractivity contribution in [2.24, 2.45) is 0 Å². The summed E-state index contributed by atoms with van der Waals surface area (Å²) in [7, 11) is -2.74. The second kappa shape index (κ2) is 16.7. The summed E-state index contributed by atoms with van der Waals surface area (Å²) in [6.07, 6.45) is 4.48. The summed E-state index contributed by atoms with van der Waals surface area (Å²) in [5, 5.41) is 18.0. The molecule has 0 unspecified atom stereocenters. The van der Waals surface area contributed by atoms with E-state index in [1.54, 1.807) is 39.9 Å². The number of carbonyl (C=O) groups excluding carboxylic acids is 1. The molecule has 11 nitrogen and oxygen atoms in total. The second-order valence-electron chi connectivity index (χ2n) is 17.5. The SMILES string of the molecule is CC(C)(C=C(C#N)C(=O)N1CCC[C@@H](n2nc(-c3ccc(Oc4ccccc4)cc3F)c3c(N)ncnc32)C1)N1CC(O[Si](c2ccccc2)(c2ccccc2)C(C)(C)C)C1. The molecule has 8 rings (SSSR count). The predicted octanol–water partition coefficient (Wildman–Crippen LogP) is 7.66. The summed E-state index contributed by atoms with van der Waals surface area (Å²) < 4.78 is 30.8. The molecule has 2 fully saturated rings. The molecule has 312 valence electrons. The minimum Gasteiger partial charge on any atom is -0.457 e. The Labute approximate surface area is 357 Å². The van der Waals surface area contributed by atoms with Crippen molar-refractivity contribution in [3.8, 4) is 28.8 Å². The summed E-state index contributed by atoms with van der Waals surface area (Å²) in [5.41, 5.74) is 6.83. The number of benzene rings is 4. The van der Waals surface area contributed by atoms with Gasteiger partial charge in [0.05, 0.1) is 17.5 Å². The Kier molecular flexibility index (Phi) is 11.4. The third-order valence-corrected chi connectivity index (χ3v) is 17.1. The fourth-order valence-electron chi connectivity index (χ4n) is 8.83. The third-order valence-electron chi connectivity index (χ3n) is 12.0. The van der Waals surface area contributed by atoms with Crippen LogP contribution in [0.2, 0.25) is 5.04 Å². The highest BCUT2D eigenvalue weighted by Gasteiger charge is 2.53. The quantitative estimate of drug-likeness (QED) is 0.0793. The first kappa shape index (κ1) is 41.5. The van der Waals surface area contributed by atoms with Gasteiger partial charge in [0, 0.05) is 43.3 Å². The molecule has 1 atom stereocenters. The number of nitrogens with zero attached hydrogens (tertiary/aromatic N) is 7. The van der Waals surface area contributed by atoms with Crippen LogP contribution < -0.4 is 20.8 Å². The second-order valence-corrected chi connectivity index (χ2v) is 21.7. The highest BCUT2D eigenvalue weighted by molar-refractivity contribution is 6.99. The monoisotopic (exact) mass is 834 g/mol. The number of likely N-dealkylation sites (tertiary alicyclic amines) is 2. The van der Waals surface area contributed by atoms with Crippen LogP contribution in [-0.2, 0) is 9.22 Å². The first-order chi connectivity index (χ1) is 29.3. The van der Waals surface area contributed by atoms with Crippen molar-refractivity contribution in [2.75, 3.05) is 31.9 Å². The number of ether oxygens (including phenoxy) is 1. The zero-order valence-electron chi connectivity index (χ0n) is 35.3. The van der Waals surface area contributed by atoms with Gasteiger partial charge in [0.15, 0.2) is 5.65 Å². The number of piperidine rings is 1. The van der Waals surface area contributed by atoms with E-state index in [0.717, 1.165) is 0 Å². The standard InChI is InChI=1S/C48H51FN8O3Si/c1-47(2,3)61(38-19-11-7-12-20-38,39-21-13-8-14-22-39)60-37-30-56(31-37)48(4,5)27-33(28-50)46(58)55-25-15-16-34(29-55)57-45-42(44(51)52-32-53-45)43(54-57)40-24-23-36(26-41(40)49)59-35-17-9-6-10-18-35/h6-14,17-24,26-27,32,34,37H,15-16,25,29-31H2,1-5H3,(H2,51,52,53)/t34-/m1/s1. The smallest absolute Gasteiger partial charge is 0.264 e. The molecule has 0 radical (unpaired) electrons. The molecule has 0 bridgehead atoms. The number of para-hydroxylation sites is 1. The molecule has 2 aromatic heterocycles. The van der Waals surface area contributed by atoms with Crippen LogP contribution in [0.25, 0.3) is 22.3 Å². The maximum Gasteiger partial charge on any atom is 0.264 e. The molecule has 4 aromatic carbocycles. The maximum absolute atomic E-state index is 15.8. The first-order valence-corrected chi connectivity index (χ1v) is 22.7. The predicted molar refractivity (Wildman–Crippen MR) is 238 cm³/mol. The van der Waals surface area contributed by atoms with Gasteiger partial charge in [-0.25, -0.2) is 19.0 Å². The van der Waals surface area contributed by atoms with E-state index in [2.05, 4.69) is 90.2 Å².